The Labute approximate surface area is 294 Å². The Hall–Kier alpha value is -5.89. The Bertz CT molecular complexity index is 2070. The van der Waals surface area contributed by atoms with Crippen molar-refractivity contribution in [2.45, 2.75) is 13.1 Å². The lowest BCUT2D eigenvalue weighted by molar-refractivity contribution is -0.108. The summed E-state index contributed by atoms with van der Waals surface area (Å²) in [6.07, 6.45) is 5.10. The van der Waals surface area contributed by atoms with Crippen molar-refractivity contribution in [1.29, 1.82) is 0 Å². The summed E-state index contributed by atoms with van der Waals surface area (Å²) in [5.74, 6) is 0.571. The monoisotopic (exact) mass is 667 g/mol. The average molecular weight is 668 g/mol. The molecule has 0 aliphatic rings. The number of furan rings is 1. The van der Waals surface area contributed by atoms with Gasteiger partial charge in [0.15, 0.2) is 5.78 Å². The van der Waals surface area contributed by atoms with Crippen molar-refractivity contribution < 1.29 is 9.21 Å². The number of allylic oxidation sites excluding steroid dienone is 1. The zero-order chi connectivity index (χ0) is 34.0. The molecule has 0 spiro atoms. The van der Waals surface area contributed by atoms with E-state index in [4.69, 9.17) is 4.42 Å². The maximum atomic E-state index is 15.3. The third kappa shape index (κ3) is 6.96. The molecule has 0 amide bonds. The first-order chi connectivity index (χ1) is 24.7. The quantitative estimate of drug-likeness (QED) is 0.0963. The van der Waals surface area contributed by atoms with Crippen LogP contribution in [0.15, 0.2) is 205 Å². The van der Waals surface area contributed by atoms with E-state index >= 15 is 4.79 Å². The van der Waals surface area contributed by atoms with E-state index < -0.39 is 6.89 Å². The highest BCUT2D eigenvalue weighted by Crippen LogP contribution is 2.49. The molecule has 0 aliphatic carbocycles. The summed E-state index contributed by atoms with van der Waals surface area (Å²) >= 11 is 0. The van der Waals surface area contributed by atoms with E-state index in [0.717, 1.165) is 32.5 Å². The number of rotatable bonds is 12. The Morgan fingerprint density at radius 3 is 1.42 bits per heavy atom. The predicted octanol–water partition coefficient (Wildman–Crippen LogP) is 9.28. The minimum atomic E-state index is -2.82. The smallest absolute Gasteiger partial charge is 0.187 e. The maximum absolute atomic E-state index is 15.3. The number of nitrogens with zero attached hydrogens (tertiary/aromatic N) is 1. The van der Waals surface area contributed by atoms with E-state index in [9.17, 15) is 0 Å². The first-order valence-corrected chi connectivity index (χ1v) is 18.6. The van der Waals surface area contributed by atoms with Crippen molar-refractivity contribution in [3.05, 3.63) is 223 Å². The number of carbonyl (C=O) groups is 1. The SMILES string of the molecule is O=C(/C=C/c1ccco1)C(c1ccccc1N(Cc1ccccc1)Cc1ccccc1)=P(c1ccccc1)(c1ccccc1)c1ccccc1. The van der Waals surface area contributed by atoms with E-state index in [-0.39, 0.29) is 5.78 Å². The van der Waals surface area contributed by atoms with Crippen LogP contribution in [0.3, 0.4) is 0 Å². The summed E-state index contributed by atoms with van der Waals surface area (Å²) in [6.45, 7) is -1.48. The van der Waals surface area contributed by atoms with Gasteiger partial charge in [-0.15, -0.1) is 0 Å². The van der Waals surface area contributed by atoms with Gasteiger partial charge >= 0.3 is 0 Å². The molecule has 1 aromatic heterocycles. The standard InChI is InChI=1S/C46H38NO2P/c48-45(33-32-39-23-18-34-49-39)46(50(40-24-10-3-11-25-40,41-26-12-4-13-27-41)42-28-14-5-15-29-42)43-30-16-17-31-44(43)47(35-37-19-6-1-7-20-37)36-38-21-8-2-9-22-38/h1-34H,35-36H2/b33-32+. The number of ketones is 1. The highest BCUT2D eigenvalue weighted by molar-refractivity contribution is 7.97. The zero-order valence-electron chi connectivity index (χ0n) is 27.8. The predicted molar refractivity (Wildman–Crippen MR) is 211 cm³/mol. The van der Waals surface area contributed by atoms with Crippen LogP contribution in [-0.4, -0.2) is 11.1 Å². The molecule has 0 saturated carbocycles. The molecule has 0 unspecified atom stereocenters. The second-order valence-corrected chi connectivity index (χ2v) is 15.4. The summed E-state index contributed by atoms with van der Waals surface area (Å²) in [7, 11) is 0. The molecule has 3 nitrogen and oxygen atoms in total. The summed E-state index contributed by atoms with van der Waals surface area (Å²) < 4.78 is 5.66. The van der Waals surface area contributed by atoms with Crippen LogP contribution >= 0.6 is 6.89 Å². The zero-order valence-corrected chi connectivity index (χ0v) is 28.6. The Morgan fingerprint density at radius 2 is 0.960 bits per heavy atom. The molecule has 0 saturated heterocycles. The van der Waals surface area contributed by atoms with Gasteiger partial charge in [-0.2, -0.15) is 0 Å². The average Bonchev–Trinajstić information content (AvgIpc) is 3.72. The summed E-state index contributed by atoms with van der Waals surface area (Å²) in [6, 6.07) is 65.0. The molecule has 244 valence electrons. The lowest BCUT2D eigenvalue weighted by Crippen LogP contribution is -2.35. The molecule has 7 aromatic rings. The minimum absolute atomic E-state index is 0.0573. The van der Waals surface area contributed by atoms with Gasteiger partial charge in [0, 0.05) is 29.6 Å². The Balaban J connectivity index is 1.60. The number of hydrogen-bond donors (Lipinski definition) is 0. The third-order valence-corrected chi connectivity index (χ3v) is 13.2. The van der Waals surface area contributed by atoms with E-state index in [1.165, 1.54) is 11.1 Å². The number of para-hydroxylation sites is 1. The molecule has 0 N–H and O–H groups in total. The van der Waals surface area contributed by atoms with Gasteiger partial charge in [0.05, 0.1) is 6.26 Å². The maximum Gasteiger partial charge on any atom is 0.187 e. The molecule has 4 heteroatoms. The normalized spacial score (nSPS) is 11.4. The molecule has 0 atom stereocenters. The number of carbonyl (C=O) groups excluding carboxylic acids is 1. The molecule has 7 rings (SSSR count). The topological polar surface area (TPSA) is 33.5 Å². The first-order valence-electron chi connectivity index (χ1n) is 16.8. The van der Waals surface area contributed by atoms with Crippen LogP contribution in [0.4, 0.5) is 5.69 Å². The molecule has 0 bridgehead atoms. The molecule has 0 radical (unpaired) electrons. The third-order valence-electron chi connectivity index (χ3n) is 8.87. The fraction of sp³-hybridized carbons (Fsp3) is 0.0435. The second-order valence-electron chi connectivity index (χ2n) is 12.1. The molecule has 1 heterocycles. The van der Waals surface area contributed by atoms with Crippen LogP contribution in [0, 0.1) is 0 Å². The Morgan fingerprint density at radius 1 is 0.520 bits per heavy atom. The summed E-state index contributed by atoms with van der Waals surface area (Å²) in [5.41, 5.74) is 4.30. The van der Waals surface area contributed by atoms with E-state index in [2.05, 4.69) is 150 Å². The number of anilines is 1. The summed E-state index contributed by atoms with van der Waals surface area (Å²) in [4.78, 5) is 17.7. The van der Waals surface area contributed by atoms with Gasteiger partial charge in [-0.05, 0) is 64.3 Å². The van der Waals surface area contributed by atoms with Crippen molar-refractivity contribution in [2.75, 3.05) is 4.90 Å². The fourth-order valence-electron chi connectivity index (χ4n) is 6.67. The van der Waals surface area contributed by atoms with Gasteiger partial charge in [0.25, 0.3) is 0 Å². The van der Waals surface area contributed by atoms with Crippen molar-refractivity contribution >= 4 is 45.6 Å². The van der Waals surface area contributed by atoms with Gasteiger partial charge in [0.2, 0.25) is 0 Å². The van der Waals surface area contributed by atoms with Crippen LogP contribution in [0.2, 0.25) is 0 Å². The number of benzene rings is 6. The Kier molecular flexibility index (Phi) is 10.2. The number of hydrogen-bond acceptors (Lipinski definition) is 3. The van der Waals surface area contributed by atoms with Gasteiger partial charge in [-0.3, -0.25) is 4.79 Å². The highest BCUT2D eigenvalue weighted by Gasteiger charge is 2.34. The summed E-state index contributed by atoms with van der Waals surface area (Å²) in [5, 5.41) is 4.10. The lowest BCUT2D eigenvalue weighted by Gasteiger charge is -2.34. The van der Waals surface area contributed by atoms with Gasteiger partial charge in [-0.1, -0.05) is 170 Å². The van der Waals surface area contributed by atoms with Crippen LogP contribution in [0.25, 0.3) is 6.08 Å². The minimum Gasteiger partial charge on any atom is -0.465 e. The van der Waals surface area contributed by atoms with E-state index in [1.807, 2.05) is 42.5 Å². The molecular formula is C46H38NO2P. The first kappa shape index (κ1) is 32.6. The van der Waals surface area contributed by atoms with E-state index in [1.54, 1.807) is 18.4 Å². The highest BCUT2D eigenvalue weighted by atomic mass is 31.2. The largest absolute Gasteiger partial charge is 0.465 e. The molecule has 0 aliphatic heterocycles. The van der Waals surface area contributed by atoms with Gasteiger partial charge in [0.1, 0.15) is 5.76 Å². The van der Waals surface area contributed by atoms with Crippen LogP contribution in [0.5, 0.6) is 0 Å². The van der Waals surface area contributed by atoms with Gasteiger partial charge in [-0.25, -0.2) is 0 Å². The van der Waals surface area contributed by atoms with Gasteiger partial charge < -0.3 is 9.32 Å². The van der Waals surface area contributed by atoms with Crippen LogP contribution in [0.1, 0.15) is 22.5 Å². The molecule has 0 fully saturated rings. The van der Waals surface area contributed by atoms with Crippen molar-refractivity contribution in [2.24, 2.45) is 0 Å². The van der Waals surface area contributed by atoms with Crippen molar-refractivity contribution in [3.8, 4) is 0 Å². The van der Waals surface area contributed by atoms with Crippen molar-refractivity contribution in [1.82, 2.24) is 0 Å². The van der Waals surface area contributed by atoms with Crippen molar-refractivity contribution in [3.63, 3.8) is 0 Å². The molecule has 6 aromatic carbocycles. The molecule has 50 heavy (non-hydrogen) atoms. The van der Waals surface area contributed by atoms with Crippen LogP contribution in [-0.2, 0) is 17.9 Å². The lowest BCUT2D eigenvalue weighted by atomic mass is 10.0. The fourth-order valence-corrected chi connectivity index (χ4v) is 11.2. The molecular weight excluding hydrogens is 629 g/mol. The van der Waals surface area contributed by atoms with Crippen LogP contribution < -0.4 is 20.8 Å². The second kappa shape index (κ2) is 15.6. The van der Waals surface area contributed by atoms with E-state index in [0.29, 0.717) is 18.8 Å².